The predicted octanol–water partition coefficient (Wildman–Crippen LogP) is 7.03. The third kappa shape index (κ3) is 6.34. The van der Waals surface area contributed by atoms with Gasteiger partial charge in [-0.2, -0.15) is 0 Å². The zero-order valence-electron chi connectivity index (χ0n) is 20.1. The molecule has 1 aromatic heterocycles. The number of ketones is 1. The van der Waals surface area contributed by atoms with E-state index in [0.717, 1.165) is 12.8 Å². The van der Waals surface area contributed by atoms with Crippen LogP contribution in [0.5, 0.6) is 23.0 Å². The third-order valence-electron chi connectivity index (χ3n) is 6.48. The van der Waals surface area contributed by atoms with Crippen LogP contribution in [0.4, 0.5) is 4.39 Å². The predicted molar refractivity (Wildman–Crippen MR) is 138 cm³/mol. The number of hydrogen-bond donors (Lipinski definition) is 0. The monoisotopic (exact) mass is 495 g/mol. The van der Waals surface area contributed by atoms with Gasteiger partial charge in [-0.25, -0.2) is 4.39 Å². The molecule has 0 spiro atoms. The smallest absolute Gasteiger partial charge is 0.162 e. The minimum atomic E-state index is -0.415. The molecule has 1 aliphatic rings. The largest absolute Gasteiger partial charge is 0.493 e. The van der Waals surface area contributed by atoms with Gasteiger partial charge in [-0.3, -0.25) is 9.78 Å². The topological polar surface area (TPSA) is 57.7 Å². The van der Waals surface area contributed by atoms with Crippen molar-refractivity contribution in [2.24, 2.45) is 5.92 Å². The fourth-order valence-electron chi connectivity index (χ4n) is 4.68. The van der Waals surface area contributed by atoms with Crippen LogP contribution in [0.3, 0.4) is 0 Å². The summed E-state index contributed by atoms with van der Waals surface area (Å²) in [6, 6.07) is 9.97. The van der Waals surface area contributed by atoms with E-state index in [1.54, 1.807) is 50.7 Å². The van der Waals surface area contributed by atoms with Gasteiger partial charge >= 0.3 is 0 Å². The minimum Gasteiger partial charge on any atom is -0.493 e. The molecular weight excluding hydrogens is 465 g/mol. The Hall–Kier alpha value is -3.06. The average molecular weight is 496 g/mol. The molecule has 0 amide bonds. The summed E-state index contributed by atoms with van der Waals surface area (Å²) in [7, 11) is 3.12. The van der Waals surface area contributed by atoms with Crippen molar-refractivity contribution in [2.75, 3.05) is 14.2 Å². The number of carbonyl (C=O) groups is 1. The standard InChI is InChI=1S/C28H30FNO4S/c1-32-27-16-23-25(17-28(27)33-2)30-11-10-26(23)34-21-9-8-19(24(29)15-21)13-22(35)14-20(31)12-18-6-4-3-5-7-18/h8-11,15-18H,3-7,12-14H2,1-2H3. The summed E-state index contributed by atoms with van der Waals surface area (Å²) in [5.41, 5.74) is 1.12. The molecule has 0 saturated heterocycles. The molecule has 184 valence electrons. The molecule has 1 fully saturated rings. The number of methoxy groups -OCH3 is 2. The molecule has 4 rings (SSSR count). The molecule has 7 heteroatoms. The molecule has 0 radical (unpaired) electrons. The Morgan fingerprint density at radius 1 is 1.03 bits per heavy atom. The summed E-state index contributed by atoms with van der Waals surface area (Å²) in [6.45, 7) is 0. The van der Waals surface area contributed by atoms with Crippen LogP contribution in [0.15, 0.2) is 42.6 Å². The number of Topliss-reactive ketones (excluding diaryl/α,β-unsaturated/α-hetero) is 1. The van der Waals surface area contributed by atoms with Crippen molar-refractivity contribution in [1.29, 1.82) is 0 Å². The van der Waals surface area contributed by atoms with Crippen LogP contribution < -0.4 is 14.2 Å². The first-order chi connectivity index (χ1) is 17.0. The molecule has 1 heterocycles. The molecule has 0 N–H and O–H groups in total. The SMILES string of the molecule is COc1cc2nccc(Oc3ccc(CC(=S)CC(=O)CC4CCCCC4)c(F)c3)c2cc1OC. The summed E-state index contributed by atoms with van der Waals surface area (Å²) < 4.78 is 31.6. The summed E-state index contributed by atoms with van der Waals surface area (Å²) in [6.07, 6.45) is 8.64. The van der Waals surface area contributed by atoms with Gasteiger partial charge in [0, 0.05) is 47.8 Å². The Kier molecular flexibility index (Phi) is 8.29. The van der Waals surface area contributed by atoms with E-state index >= 15 is 0 Å². The number of carbonyl (C=O) groups excluding carboxylic acids is 1. The van der Waals surface area contributed by atoms with E-state index in [9.17, 15) is 9.18 Å². The average Bonchev–Trinajstić information content (AvgIpc) is 2.85. The number of halogens is 1. The molecule has 0 atom stereocenters. The van der Waals surface area contributed by atoms with Gasteiger partial charge in [-0.05, 0) is 29.7 Å². The number of ether oxygens (including phenoxy) is 3. The zero-order chi connectivity index (χ0) is 24.8. The Bertz CT molecular complexity index is 1220. The van der Waals surface area contributed by atoms with Crippen LogP contribution in [-0.4, -0.2) is 29.9 Å². The lowest BCUT2D eigenvalue weighted by molar-refractivity contribution is -0.119. The van der Waals surface area contributed by atoms with Gasteiger partial charge in [0.25, 0.3) is 0 Å². The zero-order valence-corrected chi connectivity index (χ0v) is 21.0. The lowest BCUT2D eigenvalue weighted by atomic mass is 9.85. The van der Waals surface area contributed by atoms with E-state index in [0.29, 0.717) is 56.7 Å². The Labute approximate surface area is 210 Å². The van der Waals surface area contributed by atoms with E-state index in [2.05, 4.69) is 4.98 Å². The van der Waals surface area contributed by atoms with Crippen molar-refractivity contribution in [3.8, 4) is 23.0 Å². The number of benzene rings is 2. The van der Waals surface area contributed by atoms with E-state index in [1.165, 1.54) is 25.3 Å². The van der Waals surface area contributed by atoms with Gasteiger partial charge < -0.3 is 14.2 Å². The van der Waals surface area contributed by atoms with Crippen LogP contribution in [-0.2, 0) is 11.2 Å². The molecule has 1 saturated carbocycles. The second-order valence-electron chi connectivity index (χ2n) is 9.03. The first-order valence-electron chi connectivity index (χ1n) is 12.0. The second kappa shape index (κ2) is 11.6. The van der Waals surface area contributed by atoms with Crippen LogP contribution in [0.2, 0.25) is 0 Å². The van der Waals surface area contributed by atoms with Crippen LogP contribution >= 0.6 is 12.2 Å². The first-order valence-corrected chi connectivity index (χ1v) is 12.4. The van der Waals surface area contributed by atoms with Gasteiger partial charge in [0.05, 0.1) is 19.7 Å². The number of rotatable bonds is 10. The van der Waals surface area contributed by atoms with Gasteiger partial charge in [0.2, 0.25) is 0 Å². The number of pyridine rings is 1. The second-order valence-corrected chi connectivity index (χ2v) is 9.61. The maximum absolute atomic E-state index is 14.9. The van der Waals surface area contributed by atoms with Crippen LogP contribution in [0.25, 0.3) is 10.9 Å². The molecule has 0 aliphatic heterocycles. The van der Waals surface area contributed by atoms with Gasteiger partial charge in [-0.1, -0.05) is 50.4 Å². The lowest BCUT2D eigenvalue weighted by Crippen LogP contribution is -2.15. The highest BCUT2D eigenvalue weighted by Crippen LogP contribution is 2.37. The molecule has 2 aromatic carbocycles. The highest BCUT2D eigenvalue weighted by molar-refractivity contribution is 7.80. The van der Waals surface area contributed by atoms with Gasteiger partial charge in [0.1, 0.15) is 23.1 Å². The van der Waals surface area contributed by atoms with E-state index in [1.807, 2.05) is 0 Å². The Balaban J connectivity index is 1.42. The Morgan fingerprint density at radius 3 is 2.49 bits per heavy atom. The molecular formula is C28H30FNO4S. The molecule has 35 heavy (non-hydrogen) atoms. The molecule has 1 aliphatic carbocycles. The van der Waals surface area contributed by atoms with Crippen LogP contribution in [0.1, 0.15) is 50.5 Å². The van der Waals surface area contributed by atoms with Crippen molar-refractivity contribution >= 4 is 33.8 Å². The van der Waals surface area contributed by atoms with Crippen molar-refractivity contribution in [1.82, 2.24) is 4.98 Å². The molecule has 3 aromatic rings. The summed E-state index contributed by atoms with van der Waals surface area (Å²) in [5.74, 6) is 2.22. The fraction of sp³-hybridized carbons (Fsp3) is 0.393. The van der Waals surface area contributed by atoms with Crippen molar-refractivity contribution < 1.29 is 23.4 Å². The third-order valence-corrected chi connectivity index (χ3v) is 6.77. The van der Waals surface area contributed by atoms with Gasteiger partial charge in [-0.15, -0.1) is 0 Å². The maximum atomic E-state index is 14.9. The number of aromatic nitrogens is 1. The number of hydrogen-bond acceptors (Lipinski definition) is 6. The normalized spacial score (nSPS) is 14.0. The van der Waals surface area contributed by atoms with Crippen molar-refractivity contribution in [3.05, 3.63) is 54.0 Å². The molecule has 0 unspecified atom stereocenters. The minimum absolute atomic E-state index is 0.166. The fourth-order valence-corrected chi connectivity index (χ4v) is 5.00. The van der Waals surface area contributed by atoms with E-state index < -0.39 is 5.82 Å². The first kappa shape index (κ1) is 25.0. The van der Waals surface area contributed by atoms with Crippen LogP contribution in [0, 0.1) is 11.7 Å². The highest BCUT2D eigenvalue weighted by atomic mass is 32.1. The number of nitrogens with zero attached hydrogens (tertiary/aromatic N) is 1. The summed E-state index contributed by atoms with van der Waals surface area (Å²) in [5, 5.41) is 0.715. The number of thiocarbonyl (C=S) groups is 1. The van der Waals surface area contributed by atoms with Crippen molar-refractivity contribution in [3.63, 3.8) is 0 Å². The quantitative estimate of drug-likeness (QED) is 0.282. The highest BCUT2D eigenvalue weighted by Gasteiger charge is 2.19. The summed E-state index contributed by atoms with van der Waals surface area (Å²) in [4.78, 5) is 17.4. The Morgan fingerprint density at radius 2 is 1.77 bits per heavy atom. The maximum Gasteiger partial charge on any atom is 0.162 e. The van der Waals surface area contributed by atoms with Gasteiger partial charge in [0.15, 0.2) is 11.5 Å². The molecule has 5 nitrogen and oxygen atoms in total. The number of fused-ring (bicyclic) bond motifs is 1. The van der Waals surface area contributed by atoms with E-state index in [-0.39, 0.29) is 18.6 Å². The van der Waals surface area contributed by atoms with E-state index in [4.69, 9.17) is 26.4 Å². The molecule has 0 bridgehead atoms. The lowest BCUT2D eigenvalue weighted by Gasteiger charge is -2.20. The van der Waals surface area contributed by atoms with Crippen molar-refractivity contribution in [2.45, 2.75) is 51.4 Å². The summed E-state index contributed by atoms with van der Waals surface area (Å²) >= 11 is 5.43.